The zero-order chi connectivity index (χ0) is 13.6. The number of benzene rings is 2. The second-order valence-corrected chi connectivity index (χ2v) is 4.52. The van der Waals surface area contributed by atoms with E-state index in [2.05, 4.69) is 28.4 Å². The van der Waals surface area contributed by atoms with E-state index in [-0.39, 0.29) is 0 Å². The van der Waals surface area contributed by atoms with Crippen molar-refractivity contribution in [3.63, 3.8) is 0 Å². The number of hydrogen-bond acceptors (Lipinski definition) is 3. The molecular weight excluding hydrogens is 250 g/mol. The van der Waals surface area contributed by atoms with Crippen LogP contribution in [0.25, 0.3) is 0 Å². The van der Waals surface area contributed by atoms with Crippen LogP contribution in [-0.2, 0) is 13.2 Å². The lowest BCUT2D eigenvalue weighted by Gasteiger charge is -2.11. The lowest BCUT2D eigenvalue weighted by Crippen LogP contribution is -2.02. The molecular formula is C16H15N3O. The molecule has 0 saturated carbocycles. The second-order valence-electron chi connectivity index (χ2n) is 4.52. The number of nitrogens with zero attached hydrogens (tertiary/aromatic N) is 3. The molecule has 0 spiro atoms. The first kappa shape index (κ1) is 12.4. The molecule has 3 rings (SSSR count). The summed E-state index contributed by atoms with van der Waals surface area (Å²) in [5, 5.41) is 7.63. The summed E-state index contributed by atoms with van der Waals surface area (Å²) in [6.07, 6.45) is 3.40. The molecule has 0 aliphatic heterocycles. The predicted molar refractivity (Wildman–Crippen MR) is 76.3 cm³/mol. The smallest absolute Gasteiger partial charge is 0.124 e. The van der Waals surface area contributed by atoms with Crippen LogP contribution in [0.15, 0.2) is 67.3 Å². The van der Waals surface area contributed by atoms with Gasteiger partial charge in [-0.05, 0) is 11.6 Å². The Morgan fingerprint density at radius 2 is 1.55 bits per heavy atom. The van der Waals surface area contributed by atoms with Gasteiger partial charge in [-0.2, -0.15) is 0 Å². The Hall–Kier alpha value is -2.62. The molecule has 0 bridgehead atoms. The minimum Gasteiger partial charge on any atom is -0.489 e. The zero-order valence-corrected chi connectivity index (χ0v) is 11.0. The van der Waals surface area contributed by atoms with E-state index < -0.39 is 0 Å². The molecule has 0 N–H and O–H groups in total. The molecule has 1 heterocycles. The van der Waals surface area contributed by atoms with Crippen molar-refractivity contribution in [1.29, 1.82) is 0 Å². The molecule has 0 amide bonds. The number of ether oxygens (including phenoxy) is 1. The van der Waals surface area contributed by atoms with E-state index in [0.717, 1.165) is 16.9 Å². The Bertz CT molecular complexity index is 651. The lowest BCUT2D eigenvalue weighted by molar-refractivity contribution is 0.302. The van der Waals surface area contributed by atoms with Crippen LogP contribution in [0.3, 0.4) is 0 Å². The first-order chi connectivity index (χ1) is 9.92. The Kier molecular flexibility index (Phi) is 3.73. The summed E-state index contributed by atoms with van der Waals surface area (Å²) >= 11 is 0. The maximum Gasteiger partial charge on any atom is 0.124 e. The minimum absolute atomic E-state index is 0.569. The van der Waals surface area contributed by atoms with Gasteiger partial charge in [0, 0.05) is 5.56 Å². The normalized spacial score (nSPS) is 10.4. The van der Waals surface area contributed by atoms with Crippen molar-refractivity contribution in [3.8, 4) is 5.75 Å². The van der Waals surface area contributed by atoms with Gasteiger partial charge in [-0.25, -0.2) is 0 Å². The van der Waals surface area contributed by atoms with Crippen LogP contribution < -0.4 is 4.74 Å². The highest BCUT2D eigenvalue weighted by atomic mass is 16.5. The van der Waals surface area contributed by atoms with Gasteiger partial charge >= 0.3 is 0 Å². The first-order valence-corrected chi connectivity index (χ1v) is 6.49. The molecule has 1 aromatic heterocycles. The van der Waals surface area contributed by atoms with Gasteiger partial charge in [0.25, 0.3) is 0 Å². The topological polar surface area (TPSA) is 39.9 Å². The monoisotopic (exact) mass is 265 g/mol. The minimum atomic E-state index is 0.569. The summed E-state index contributed by atoms with van der Waals surface area (Å²) in [5.74, 6) is 0.894. The predicted octanol–water partition coefficient (Wildman–Crippen LogP) is 2.91. The second kappa shape index (κ2) is 6.02. The van der Waals surface area contributed by atoms with Gasteiger partial charge in [0.2, 0.25) is 0 Å². The molecule has 0 aliphatic rings. The van der Waals surface area contributed by atoms with Crippen LogP contribution in [0.2, 0.25) is 0 Å². The molecule has 0 unspecified atom stereocenters. The van der Waals surface area contributed by atoms with E-state index >= 15 is 0 Å². The standard InChI is InChI=1S/C16H15N3O/c1-2-6-14(7-3-1)11-20-16-9-5-4-8-15(16)10-19-12-17-18-13-19/h1-9,12-13H,10-11H2. The maximum absolute atomic E-state index is 5.92. The van der Waals surface area contributed by atoms with Crippen molar-refractivity contribution in [2.45, 2.75) is 13.2 Å². The van der Waals surface area contributed by atoms with Gasteiger partial charge in [-0.3, -0.25) is 0 Å². The Morgan fingerprint density at radius 1 is 0.850 bits per heavy atom. The molecule has 4 heteroatoms. The number of aromatic nitrogens is 3. The van der Waals surface area contributed by atoms with Gasteiger partial charge in [0.1, 0.15) is 25.0 Å². The van der Waals surface area contributed by atoms with Crippen molar-refractivity contribution in [3.05, 3.63) is 78.4 Å². The van der Waals surface area contributed by atoms with Crippen LogP contribution in [0.5, 0.6) is 5.75 Å². The molecule has 4 nitrogen and oxygen atoms in total. The van der Waals surface area contributed by atoms with Gasteiger partial charge in [-0.1, -0.05) is 48.5 Å². The van der Waals surface area contributed by atoms with Crippen molar-refractivity contribution in [2.75, 3.05) is 0 Å². The van der Waals surface area contributed by atoms with E-state index in [1.54, 1.807) is 12.7 Å². The third kappa shape index (κ3) is 3.03. The van der Waals surface area contributed by atoms with Crippen molar-refractivity contribution in [1.82, 2.24) is 14.8 Å². The maximum atomic E-state index is 5.92. The van der Waals surface area contributed by atoms with Crippen LogP contribution >= 0.6 is 0 Å². The van der Waals surface area contributed by atoms with Crippen molar-refractivity contribution < 1.29 is 4.74 Å². The fourth-order valence-electron chi connectivity index (χ4n) is 2.01. The Labute approximate surface area is 117 Å². The summed E-state index contributed by atoms with van der Waals surface area (Å²) in [6.45, 7) is 1.28. The quantitative estimate of drug-likeness (QED) is 0.712. The molecule has 0 saturated heterocycles. The van der Waals surface area contributed by atoms with Crippen LogP contribution in [0.4, 0.5) is 0 Å². The third-order valence-corrected chi connectivity index (χ3v) is 3.03. The molecule has 100 valence electrons. The summed E-state index contributed by atoms with van der Waals surface area (Å²) in [5.41, 5.74) is 2.27. The molecule has 20 heavy (non-hydrogen) atoms. The lowest BCUT2D eigenvalue weighted by atomic mass is 10.2. The van der Waals surface area contributed by atoms with Crippen molar-refractivity contribution >= 4 is 0 Å². The number of para-hydroxylation sites is 1. The molecule has 2 aromatic carbocycles. The van der Waals surface area contributed by atoms with Crippen LogP contribution in [0.1, 0.15) is 11.1 Å². The molecule has 3 aromatic rings. The summed E-state index contributed by atoms with van der Waals surface area (Å²) < 4.78 is 7.84. The first-order valence-electron chi connectivity index (χ1n) is 6.49. The Balaban J connectivity index is 1.73. The van der Waals surface area contributed by atoms with E-state index in [4.69, 9.17) is 4.74 Å². The SMILES string of the molecule is c1ccc(COc2ccccc2Cn2cnnc2)cc1. The highest BCUT2D eigenvalue weighted by molar-refractivity contribution is 5.33. The summed E-state index contributed by atoms with van der Waals surface area (Å²) in [7, 11) is 0. The number of hydrogen-bond donors (Lipinski definition) is 0. The number of rotatable bonds is 5. The average Bonchev–Trinajstić information content (AvgIpc) is 3.00. The van der Waals surface area contributed by atoms with E-state index in [1.807, 2.05) is 41.0 Å². The molecule has 0 atom stereocenters. The van der Waals surface area contributed by atoms with Crippen LogP contribution in [-0.4, -0.2) is 14.8 Å². The Morgan fingerprint density at radius 3 is 2.35 bits per heavy atom. The van der Waals surface area contributed by atoms with E-state index in [0.29, 0.717) is 13.2 Å². The van der Waals surface area contributed by atoms with Gasteiger partial charge < -0.3 is 9.30 Å². The largest absolute Gasteiger partial charge is 0.489 e. The third-order valence-electron chi connectivity index (χ3n) is 3.03. The molecule has 0 radical (unpaired) electrons. The fraction of sp³-hybridized carbons (Fsp3) is 0.125. The van der Waals surface area contributed by atoms with Gasteiger partial charge in [-0.15, -0.1) is 10.2 Å². The zero-order valence-electron chi connectivity index (χ0n) is 11.0. The van der Waals surface area contributed by atoms with Gasteiger partial charge in [0.05, 0.1) is 6.54 Å². The summed E-state index contributed by atoms with van der Waals surface area (Å²) in [4.78, 5) is 0. The highest BCUT2D eigenvalue weighted by Crippen LogP contribution is 2.20. The van der Waals surface area contributed by atoms with E-state index in [1.165, 1.54) is 0 Å². The van der Waals surface area contributed by atoms with Crippen LogP contribution in [0, 0.1) is 0 Å². The summed E-state index contributed by atoms with van der Waals surface area (Å²) in [6, 6.07) is 18.2. The average molecular weight is 265 g/mol. The molecule has 0 fully saturated rings. The van der Waals surface area contributed by atoms with Gasteiger partial charge in [0.15, 0.2) is 0 Å². The fourth-order valence-corrected chi connectivity index (χ4v) is 2.01. The van der Waals surface area contributed by atoms with Crippen molar-refractivity contribution in [2.24, 2.45) is 0 Å². The molecule has 0 aliphatic carbocycles. The van der Waals surface area contributed by atoms with E-state index in [9.17, 15) is 0 Å². The highest BCUT2D eigenvalue weighted by Gasteiger charge is 2.04.